The highest BCUT2D eigenvalue weighted by Crippen LogP contribution is 2.14. The molecule has 1 atom stereocenters. The van der Waals surface area contributed by atoms with Crippen molar-refractivity contribution in [1.82, 2.24) is 0 Å². The van der Waals surface area contributed by atoms with Crippen LogP contribution in [0.3, 0.4) is 0 Å². The molecule has 0 fully saturated rings. The second-order valence-electron chi connectivity index (χ2n) is 17.1. The van der Waals surface area contributed by atoms with E-state index in [-0.39, 0.29) is 37.5 Å². The number of esters is 3. The van der Waals surface area contributed by atoms with Crippen molar-refractivity contribution >= 4 is 17.9 Å². The minimum atomic E-state index is -0.814. The molecule has 0 aliphatic carbocycles. The van der Waals surface area contributed by atoms with E-state index in [4.69, 9.17) is 14.2 Å². The Morgan fingerprint density at radius 2 is 0.656 bits per heavy atom. The monoisotopic (exact) mass is 889 g/mol. The normalized spacial score (nSPS) is 12.9. The molecule has 0 rings (SSSR count). The van der Waals surface area contributed by atoms with Gasteiger partial charge in [0.05, 0.1) is 0 Å². The van der Waals surface area contributed by atoms with Gasteiger partial charge >= 0.3 is 17.9 Å². The van der Waals surface area contributed by atoms with E-state index in [1.54, 1.807) is 0 Å². The lowest BCUT2D eigenvalue weighted by atomic mass is 10.0. The molecule has 0 amide bonds. The third-order valence-corrected chi connectivity index (χ3v) is 10.8. The van der Waals surface area contributed by atoms with E-state index in [2.05, 4.69) is 112 Å². The minimum Gasteiger partial charge on any atom is -0.462 e. The van der Waals surface area contributed by atoms with Gasteiger partial charge in [-0.05, 0) is 83.5 Å². The van der Waals surface area contributed by atoms with Crippen LogP contribution in [0.5, 0.6) is 0 Å². The van der Waals surface area contributed by atoms with Crippen LogP contribution in [0.1, 0.15) is 233 Å². The Kier molecular flexibility index (Phi) is 49.0. The van der Waals surface area contributed by atoms with Crippen LogP contribution in [-0.2, 0) is 28.6 Å². The molecule has 0 unspecified atom stereocenters. The van der Waals surface area contributed by atoms with Gasteiger partial charge in [0, 0.05) is 19.3 Å². The fraction of sp³-hybridized carbons (Fsp3) is 0.672. The Morgan fingerprint density at radius 1 is 0.328 bits per heavy atom. The van der Waals surface area contributed by atoms with Crippen LogP contribution < -0.4 is 0 Å². The van der Waals surface area contributed by atoms with Crippen LogP contribution in [0, 0.1) is 0 Å². The van der Waals surface area contributed by atoms with E-state index >= 15 is 0 Å². The summed E-state index contributed by atoms with van der Waals surface area (Å²) in [5.41, 5.74) is 0. The van der Waals surface area contributed by atoms with Crippen molar-refractivity contribution in [2.45, 2.75) is 239 Å². The number of hydrogen-bond donors (Lipinski definition) is 0. The van der Waals surface area contributed by atoms with Crippen molar-refractivity contribution in [3.63, 3.8) is 0 Å². The molecule has 0 aliphatic heterocycles. The first-order valence-corrected chi connectivity index (χ1v) is 26.2. The van der Waals surface area contributed by atoms with E-state index in [0.29, 0.717) is 19.3 Å². The number of ether oxygens (including phenoxy) is 3. The number of allylic oxidation sites excluding steroid dienone is 16. The standard InChI is InChI=1S/C58H96O6/c1-4-7-10-13-16-19-22-25-27-28-29-30-31-34-36-39-42-45-48-51-57(60)63-54-55(53-62-56(59)50-47-44-41-38-35-32-24-21-18-15-12-9-6-3)64-58(61)52-49-46-43-40-37-33-26-23-20-17-14-11-8-5-2/h7,10,14,16-17,19,23,25-27,29-30,34,36,42,45,55H,4-6,8-9,11-13,15,18,20-22,24,28,31-33,35,37-41,43-44,46-54H2,1-3H3/b10-7-,17-14-,19-16-,26-23-,27-25-,30-29-,36-34-,45-42-/t55-/m1/s1. The molecule has 0 aromatic carbocycles. The van der Waals surface area contributed by atoms with Crippen LogP contribution >= 0.6 is 0 Å². The maximum Gasteiger partial charge on any atom is 0.306 e. The first kappa shape index (κ1) is 60.3. The molecule has 0 radical (unpaired) electrons. The van der Waals surface area contributed by atoms with E-state index in [9.17, 15) is 14.4 Å². The zero-order valence-electron chi connectivity index (χ0n) is 41.5. The third-order valence-electron chi connectivity index (χ3n) is 10.8. The predicted molar refractivity (Wildman–Crippen MR) is 274 cm³/mol. The molecule has 0 spiro atoms. The molecule has 0 heterocycles. The van der Waals surface area contributed by atoms with Gasteiger partial charge in [-0.1, -0.05) is 227 Å². The number of hydrogen-bond acceptors (Lipinski definition) is 6. The minimum absolute atomic E-state index is 0.106. The van der Waals surface area contributed by atoms with Crippen molar-refractivity contribution in [2.75, 3.05) is 13.2 Å². The zero-order chi connectivity index (χ0) is 46.5. The van der Waals surface area contributed by atoms with E-state index in [1.165, 1.54) is 83.5 Å². The number of unbranched alkanes of at least 4 members (excludes halogenated alkanes) is 19. The van der Waals surface area contributed by atoms with Crippen LogP contribution in [0.4, 0.5) is 0 Å². The Morgan fingerprint density at radius 3 is 1.09 bits per heavy atom. The van der Waals surface area contributed by atoms with Crippen molar-refractivity contribution in [1.29, 1.82) is 0 Å². The summed E-state index contributed by atoms with van der Waals surface area (Å²) in [6.07, 6.45) is 68.3. The van der Waals surface area contributed by atoms with Crippen LogP contribution in [0.2, 0.25) is 0 Å². The SMILES string of the molecule is CC/C=C\C/C=C\C/C=C\C/C=C\C/C=C\C/C=C\CCC(=O)OC[C@@H](COC(=O)CCCCCCCCCCCCCCC)OC(=O)CCCCCCC/C=C\C/C=C\CCCC. The summed E-state index contributed by atoms with van der Waals surface area (Å²) < 4.78 is 16.7. The molecule has 6 nitrogen and oxygen atoms in total. The second kappa shape index (κ2) is 52.0. The highest BCUT2D eigenvalue weighted by Gasteiger charge is 2.19. The topological polar surface area (TPSA) is 78.9 Å². The van der Waals surface area contributed by atoms with E-state index < -0.39 is 6.10 Å². The predicted octanol–water partition coefficient (Wildman–Crippen LogP) is 17.4. The van der Waals surface area contributed by atoms with Crippen molar-refractivity contribution in [3.8, 4) is 0 Å². The van der Waals surface area contributed by atoms with Gasteiger partial charge in [-0.2, -0.15) is 0 Å². The van der Waals surface area contributed by atoms with Crippen LogP contribution in [0.15, 0.2) is 97.2 Å². The molecule has 0 bridgehead atoms. The molecule has 0 aromatic heterocycles. The molecule has 0 saturated heterocycles. The van der Waals surface area contributed by atoms with Gasteiger partial charge in [0.25, 0.3) is 0 Å². The maximum absolute atomic E-state index is 12.8. The summed E-state index contributed by atoms with van der Waals surface area (Å²) in [4.78, 5) is 38.0. The average molecular weight is 889 g/mol. The number of rotatable bonds is 46. The summed E-state index contributed by atoms with van der Waals surface area (Å²) in [7, 11) is 0. The summed E-state index contributed by atoms with van der Waals surface area (Å²) in [5, 5.41) is 0. The molecule has 0 aliphatic rings. The Bertz CT molecular complexity index is 1300. The lowest BCUT2D eigenvalue weighted by molar-refractivity contribution is -0.166. The quantitative estimate of drug-likeness (QED) is 0.0262. The van der Waals surface area contributed by atoms with Crippen LogP contribution in [0.25, 0.3) is 0 Å². The lowest BCUT2D eigenvalue weighted by Gasteiger charge is -2.18. The summed E-state index contributed by atoms with van der Waals surface area (Å²) in [6, 6.07) is 0. The molecule has 6 heteroatoms. The van der Waals surface area contributed by atoms with Gasteiger partial charge in [-0.25, -0.2) is 0 Å². The molecule has 0 N–H and O–H groups in total. The highest BCUT2D eigenvalue weighted by molar-refractivity contribution is 5.71. The number of carbonyl (C=O) groups excluding carboxylic acids is 3. The molecular weight excluding hydrogens is 793 g/mol. The van der Waals surface area contributed by atoms with Gasteiger partial charge in [-0.15, -0.1) is 0 Å². The first-order valence-electron chi connectivity index (χ1n) is 26.2. The zero-order valence-corrected chi connectivity index (χ0v) is 41.5. The van der Waals surface area contributed by atoms with Crippen LogP contribution in [-0.4, -0.2) is 37.2 Å². The summed E-state index contributed by atoms with van der Waals surface area (Å²) in [6.45, 7) is 6.40. The molecule has 64 heavy (non-hydrogen) atoms. The highest BCUT2D eigenvalue weighted by atomic mass is 16.6. The summed E-state index contributed by atoms with van der Waals surface area (Å²) in [5.74, 6) is -1.01. The fourth-order valence-electron chi connectivity index (χ4n) is 6.90. The van der Waals surface area contributed by atoms with Gasteiger partial charge in [0.1, 0.15) is 13.2 Å². The molecule has 364 valence electrons. The Labute approximate surface area is 394 Å². The van der Waals surface area contributed by atoms with Gasteiger partial charge in [0.2, 0.25) is 0 Å². The molecular formula is C58H96O6. The smallest absolute Gasteiger partial charge is 0.306 e. The van der Waals surface area contributed by atoms with E-state index in [1.807, 2.05) is 6.08 Å². The molecule has 0 saturated carbocycles. The van der Waals surface area contributed by atoms with Crippen molar-refractivity contribution < 1.29 is 28.6 Å². The van der Waals surface area contributed by atoms with Gasteiger partial charge < -0.3 is 14.2 Å². The largest absolute Gasteiger partial charge is 0.462 e. The Balaban J connectivity index is 4.52. The number of carbonyl (C=O) groups is 3. The van der Waals surface area contributed by atoms with E-state index in [0.717, 1.165) is 103 Å². The third kappa shape index (κ3) is 49.3. The second-order valence-corrected chi connectivity index (χ2v) is 17.1. The first-order chi connectivity index (χ1) is 31.5. The summed E-state index contributed by atoms with van der Waals surface area (Å²) >= 11 is 0. The fourth-order valence-corrected chi connectivity index (χ4v) is 6.90. The Hall–Kier alpha value is -3.67. The lowest BCUT2D eigenvalue weighted by Crippen LogP contribution is -2.30. The average Bonchev–Trinajstić information content (AvgIpc) is 3.29. The van der Waals surface area contributed by atoms with Gasteiger partial charge in [0.15, 0.2) is 6.10 Å². The van der Waals surface area contributed by atoms with Crippen molar-refractivity contribution in [2.24, 2.45) is 0 Å². The maximum atomic E-state index is 12.8. The van der Waals surface area contributed by atoms with Gasteiger partial charge in [-0.3, -0.25) is 14.4 Å². The van der Waals surface area contributed by atoms with Crippen molar-refractivity contribution in [3.05, 3.63) is 97.2 Å². The molecule has 0 aromatic rings.